The van der Waals surface area contributed by atoms with Crippen molar-refractivity contribution in [2.45, 2.75) is 32.1 Å². The van der Waals surface area contributed by atoms with Crippen molar-refractivity contribution < 1.29 is 9.59 Å². The maximum atomic E-state index is 11.1. The molecular formula is C9H13ClO2. The van der Waals surface area contributed by atoms with Gasteiger partial charge in [0.05, 0.1) is 5.88 Å². The van der Waals surface area contributed by atoms with E-state index >= 15 is 0 Å². The molecule has 0 bridgehead atoms. The minimum atomic E-state index is -0.427. The topological polar surface area (TPSA) is 34.1 Å². The monoisotopic (exact) mass is 188 g/mol. The molecule has 12 heavy (non-hydrogen) atoms. The Balaban J connectivity index is 2.29. The van der Waals surface area contributed by atoms with Crippen LogP contribution in [0.3, 0.4) is 0 Å². The summed E-state index contributed by atoms with van der Waals surface area (Å²) in [6.45, 7) is 0. The zero-order valence-corrected chi connectivity index (χ0v) is 7.77. The van der Waals surface area contributed by atoms with Crippen LogP contribution in [0, 0.1) is 5.92 Å². The molecule has 0 unspecified atom stereocenters. The van der Waals surface area contributed by atoms with E-state index in [-0.39, 0.29) is 11.7 Å². The van der Waals surface area contributed by atoms with Gasteiger partial charge < -0.3 is 0 Å². The van der Waals surface area contributed by atoms with Crippen LogP contribution in [-0.2, 0) is 9.59 Å². The minimum Gasteiger partial charge on any atom is -0.291 e. The molecule has 0 spiro atoms. The number of rotatable bonds is 4. The van der Waals surface area contributed by atoms with Crippen LogP contribution >= 0.6 is 11.6 Å². The minimum absolute atomic E-state index is 0.161. The Morgan fingerprint density at radius 3 is 2.25 bits per heavy atom. The Morgan fingerprint density at radius 2 is 1.75 bits per heavy atom. The average molecular weight is 189 g/mol. The predicted molar refractivity (Wildman–Crippen MR) is 47.3 cm³/mol. The molecule has 0 atom stereocenters. The van der Waals surface area contributed by atoms with E-state index in [1.54, 1.807) is 0 Å². The Labute approximate surface area is 77.3 Å². The maximum Gasteiger partial charge on any atom is 0.213 e. The van der Waals surface area contributed by atoms with Crippen molar-refractivity contribution in [3.8, 4) is 0 Å². The van der Waals surface area contributed by atoms with Crippen molar-refractivity contribution in [1.82, 2.24) is 0 Å². The molecule has 0 aliphatic heterocycles. The molecule has 0 aromatic carbocycles. The Morgan fingerprint density at radius 1 is 1.17 bits per heavy atom. The molecular weight excluding hydrogens is 176 g/mol. The van der Waals surface area contributed by atoms with Gasteiger partial charge >= 0.3 is 0 Å². The first-order valence-electron chi connectivity index (χ1n) is 4.36. The van der Waals surface area contributed by atoms with Crippen LogP contribution in [0.2, 0.25) is 0 Å². The van der Waals surface area contributed by atoms with Gasteiger partial charge in [-0.1, -0.05) is 25.7 Å². The second kappa shape index (κ2) is 4.61. The Kier molecular flexibility index (Phi) is 3.73. The number of alkyl halides is 1. The van der Waals surface area contributed by atoms with Gasteiger partial charge in [-0.05, 0) is 5.92 Å². The highest BCUT2D eigenvalue weighted by Crippen LogP contribution is 2.27. The number of carbonyl (C=O) groups is 2. The van der Waals surface area contributed by atoms with Crippen molar-refractivity contribution in [3.05, 3.63) is 0 Å². The standard InChI is InChI=1S/C9H13ClO2/c10-6-9(12)8(11)5-7-3-1-2-4-7/h7H,1-6H2. The van der Waals surface area contributed by atoms with Crippen LogP contribution in [-0.4, -0.2) is 17.4 Å². The van der Waals surface area contributed by atoms with E-state index in [2.05, 4.69) is 0 Å². The normalized spacial score (nSPS) is 18.1. The fraction of sp³-hybridized carbons (Fsp3) is 0.778. The van der Waals surface area contributed by atoms with Gasteiger partial charge in [0.1, 0.15) is 0 Å². The SMILES string of the molecule is O=C(CCl)C(=O)CC1CCCC1. The lowest BCUT2D eigenvalue weighted by Crippen LogP contribution is -2.17. The maximum absolute atomic E-state index is 11.1. The van der Waals surface area contributed by atoms with Gasteiger partial charge in [0.2, 0.25) is 5.78 Å². The highest BCUT2D eigenvalue weighted by molar-refractivity contribution is 6.47. The molecule has 0 N–H and O–H groups in total. The summed E-state index contributed by atoms with van der Waals surface area (Å²) in [5.41, 5.74) is 0. The molecule has 3 heteroatoms. The first-order valence-corrected chi connectivity index (χ1v) is 4.89. The fourth-order valence-corrected chi connectivity index (χ4v) is 1.81. The third-order valence-electron chi connectivity index (χ3n) is 2.38. The molecule has 0 aromatic rings. The second-order valence-electron chi connectivity index (χ2n) is 3.33. The van der Waals surface area contributed by atoms with Crippen molar-refractivity contribution in [1.29, 1.82) is 0 Å². The number of carbonyl (C=O) groups excluding carboxylic acids is 2. The van der Waals surface area contributed by atoms with Crippen LogP contribution < -0.4 is 0 Å². The summed E-state index contributed by atoms with van der Waals surface area (Å²) in [5.74, 6) is -0.420. The zero-order chi connectivity index (χ0) is 8.97. The molecule has 0 amide bonds. The summed E-state index contributed by atoms with van der Waals surface area (Å²) in [4.78, 5) is 21.9. The third-order valence-corrected chi connectivity index (χ3v) is 2.62. The summed E-state index contributed by atoms with van der Waals surface area (Å²) in [5, 5.41) is 0. The molecule has 0 saturated heterocycles. The largest absolute Gasteiger partial charge is 0.291 e. The van der Waals surface area contributed by atoms with Crippen molar-refractivity contribution in [2.75, 3.05) is 5.88 Å². The van der Waals surface area contributed by atoms with Crippen LogP contribution in [0.25, 0.3) is 0 Å². The lowest BCUT2D eigenvalue weighted by molar-refractivity contribution is -0.135. The molecule has 2 nitrogen and oxygen atoms in total. The lowest BCUT2D eigenvalue weighted by Gasteiger charge is -2.04. The van der Waals surface area contributed by atoms with Crippen LogP contribution in [0.4, 0.5) is 0 Å². The fourth-order valence-electron chi connectivity index (χ4n) is 1.67. The van der Waals surface area contributed by atoms with Gasteiger partial charge in [0, 0.05) is 6.42 Å². The number of hydrogen-bond acceptors (Lipinski definition) is 2. The van der Waals surface area contributed by atoms with E-state index in [1.807, 2.05) is 0 Å². The summed E-state index contributed by atoms with van der Waals surface area (Å²) >= 11 is 5.26. The lowest BCUT2D eigenvalue weighted by atomic mass is 10.00. The van der Waals surface area contributed by atoms with Crippen LogP contribution in [0.5, 0.6) is 0 Å². The molecule has 1 fully saturated rings. The van der Waals surface area contributed by atoms with E-state index in [4.69, 9.17) is 11.6 Å². The number of halogens is 1. The van der Waals surface area contributed by atoms with Gasteiger partial charge in [-0.3, -0.25) is 9.59 Å². The average Bonchev–Trinajstić information content (AvgIpc) is 2.55. The first-order chi connectivity index (χ1) is 5.74. The first kappa shape index (κ1) is 9.72. The van der Waals surface area contributed by atoms with Crippen molar-refractivity contribution >= 4 is 23.2 Å². The smallest absolute Gasteiger partial charge is 0.213 e. The highest BCUT2D eigenvalue weighted by atomic mass is 35.5. The number of ketones is 2. The van der Waals surface area contributed by atoms with Crippen molar-refractivity contribution in [2.24, 2.45) is 5.92 Å². The third kappa shape index (κ3) is 2.59. The number of hydrogen-bond donors (Lipinski definition) is 0. The summed E-state index contributed by atoms with van der Waals surface area (Å²) in [7, 11) is 0. The molecule has 1 rings (SSSR count). The van der Waals surface area contributed by atoms with Gasteiger partial charge in [-0.15, -0.1) is 11.6 Å². The van der Waals surface area contributed by atoms with Gasteiger partial charge in [0.25, 0.3) is 0 Å². The molecule has 0 aromatic heterocycles. The van der Waals surface area contributed by atoms with Gasteiger partial charge in [-0.2, -0.15) is 0 Å². The van der Waals surface area contributed by atoms with Gasteiger partial charge in [-0.25, -0.2) is 0 Å². The zero-order valence-electron chi connectivity index (χ0n) is 7.01. The van der Waals surface area contributed by atoms with E-state index in [0.29, 0.717) is 12.3 Å². The molecule has 0 radical (unpaired) electrons. The Hall–Kier alpha value is -0.370. The molecule has 1 saturated carbocycles. The summed E-state index contributed by atoms with van der Waals surface area (Å²) < 4.78 is 0. The molecule has 0 heterocycles. The highest BCUT2D eigenvalue weighted by Gasteiger charge is 2.21. The van der Waals surface area contributed by atoms with Crippen LogP contribution in [0.1, 0.15) is 32.1 Å². The van der Waals surface area contributed by atoms with Crippen molar-refractivity contribution in [3.63, 3.8) is 0 Å². The summed E-state index contributed by atoms with van der Waals surface area (Å²) in [6, 6.07) is 0. The molecule has 1 aliphatic rings. The number of Topliss-reactive ketones (excluding diaryl/α,β-unsaturated/α-hetero) is 2. The van der Waals surface area contributed by atoms with Gasteiger partial charge in [0.15, 0.2) is 5.78 Å². The molecule has 68 valence electrons. The predicted octanol–water partition coefficient (Wildman–Crippen LogP) is 1.94. The quantitative estimate of drug-likeness (QED) is 0.499. The summed E-state index contributed by atoms with van der Waals surface area (Å²) in [6.07, 6.45) is 5.02. The Bertz CT molecular complexity index is 183. The van der Waals surface area contributed by atoms with Crippen LogP contribution in [0.15, 0.2) is 0 Å². The van der Waals surface area contributed by atoms with E-state index < -0.39 is 5.78 Å². The van der Waals surface area contributed by atoms with E-state index in [9.17, 15) is 9.59 Å². The molecule has 1 aliphatic carbocycles. The van der Waals surface area contributed by atoms with E-state index in [0.717, 1.165) is 12.8 Å². The second-order valence-corrected chi connectivity index (χ2v) is 3.60. The van der Waals surface area contributed by atoms with E-state index in [1.165, 1.54) is 12.8 Å².